The predicted octanol–water partition coefficient (Wildman–Crippen LogP) is 4.26. The zero-order chi connectivity index (χ0) is 9.80. The second-order valence-electron chi connectivity index (χ2n) is 4.46. The third-order valence-corrected chi connectivity index (χ3v) is 3.60. The van der Waals surface area contributed by atoms with Crippen molar-refractivity contribution in [3.05, 3.63) is 36.0 Å². The Bertz CT molecular complexity index is 268. The van der Waals surface area contributed by atoms with Crippen molar-refractivity contribution in [2.75, 3.05) is 0 Å². The summed E-state index contributed by atoms with van der Waals surface area (Å²) in [7, 11) is 0. The van der Waals surface area contributed by atoms with Gasteiger partial charge in [0.25, 0.3) is 0 Å². The van der Waals surface area contributed by atoms with E-state index in [1.807, 2.05) is 0 Å². The van der Waals surface area contributed by atoms with Crippen molar-refractivity contribution in [2.45, 2.75) is 39.0 Å². The van der Waals surface area contributed by atoms with E-state index in [1.165, 1.54) is 32.1 Å². The van der Waals surface area contributed by atoms with Crippen molar-refractivity contribution in [1.82, 2.24) is 0 Å². The molecule has 2 atom stereocenters. The number of hydrogen-bond acceptors (Lipinski definition) is 0. The highest BCUT2D eigenvalue weighted by Crippen LogP contribution is 2.43. The van der Waals surface area contributed by atoms with Gasteiger partial charge >= 0.3 is 0 Å². The highest BCUT2D eigenvalue weighted by atomic mass is 14.3. The minimum absolute atomic E-state index is 0.894. The quantitative estimate of drug-likeness (QED) is 0.568. The van der Waals surface area contributed by atoms with E-state index in [1.54, 1.807) is 5.57 Å². The van der Waals surface area contributed by atoms with Crippen LogP contribution >= 0.6 is 0 Å². The first-order chi connectivity index (χ1) is 6.92. The Hall–Kier alpha value is -0.780. The molecule has 0 nitrogen and oxygen atoms in total. The highest BCUT2D eigenvalue weighted by Gasteiger charge is 2.30. The van der Waals surface area contributed by atoms with Crippen LogP contribution in [0.15, 0.2) is 36.0 Å². The van der Waals surface area contributed by atoms with E-state index in [9.17, 15) is 0 Å². The van der Waals surface area contributed by atoms with Crippen molar-refractivity contribution in [3.63, 3.8) is 0 Å². The molecule has 0 N–H and O–H groups in total. The van der Waals surface area contributed by atoms with Gasteiger partial charge in [0.15, 0.2) is 0 Å². The van der Waals surface area contributed by atoms with Crippen LogP contribution in [0.4, 0.5) is 0 Å². The topological polar surface area (TPSA) is 0 Å². The van der Waals surface area contributed by atoms with Gasteiger partial charge in [-0.1, -0.05) is 36.8 Å². The Kier molecular flexibility index (Phi) is 3.23. The summed E-state index contributed by atoms with van der Waals surface area (Å²) in [6.07, 6.45) is 18.3. The summed E-state index contributed by atoms with van der Waals surface area (Å²) in [6.45, 7) is 2.07. The summed E-state index contributed by atoms with van der Waals surface area (Å²) in [6, 6.07) is 0. The van der Waals surface area contributed by atoms with Crippen LogP contribution in [0.25, 0.3) is 0 Å². The molecule has 0 saturated heterocycles. The Morgan fingerprint density at radius 2 is 2.14 bits per heavy atom. The van der Waals surface area contributed by atoms with E-state index in [2.05, 4.69) is 37.3 Å². The Morgan fingerprint density at radius 1 is 1.21 bits per heavy atom. The fraction of sp³-hybridized carbons (Fsp3) is 0.571. The van der Waals surface area contributed by atoms with E-state index >= 15 is 0 Å². The maximum absolute atomic E-state index is 2.45. The van der Waals surface area contributed by atoms with Crippen LogP contribution in [-0.4, -0.2) is 0 Å². The fourth-order valence-electron chi connectivity index (χ4n) is 2.91. The third kappa shape index (κ3) is 2.00. The number of allylic oxidation sites excluding steroid dienone is 6. The minimum Gasteiger partial charge on any atom is -0.0877 e. The highest BCUT2D eigenvalue weighted by molar-refractivity contribution is 5.27. The van der Waals surface area contributed by atoms with Crippen molar-refractivity contribution in [2.24, 2.45) is 11.8 Å². The summed E-state index contributed by atoms with van der Waals surface area (Å²) >= 11 is 0. The smallest absolute Gasteiger partial charge is 0.0137 e. The minimum atomic E-state index is 0.894. The van der Waals surface area contributed by atoms with Gasteiger partial charge in [0.1, 0.15) is 0 Å². The molecule has 0 aromatic heterocycles. The number of hydrogen-bond donors (Lipinski definition) is 0. The van der Waals surface area contributed by atoms with Crippen molar-refractivity contribution < 1.29 is 0 Å². The molecule has 0 aromatic carbocycles. The summed E-state index contributed by atoms with van der Waals surface area (Å²) in [5, 5.41) is 0. The molecule has 0 aromatic rings. The van der Waals surface area contributed by atoms with E-state index in [4.69, 9.17) is 0 Å². The average molecular weight is 188 g/mol. The first-order valence-corrected chi connectivity index (χ1v) is 5.91. The Morgan fingerprint density at radius 3 is 3.00 bits per heavy atom. The molecule has 0 aliphatic heterocycles. The molecule has 0 radical (unpaired) electrons. The fourth-order valence-corrected chi connectivity index (χ4v) is 2.91. The predicted molar refractivity (Wildman–Crippen MR) is 62.1 cm³/mol. The second-order valence-corrected chi connectivity index (χ2v) is 4.46. The molecule has 2 aliphatic rings. The SMILES string of the molecule is C/C=C\C=C/C1=CCCC2CCCC12. The van der Waals surface area contributed by atoms with Crippen LogP contribution in [-0.2, 0) is 0 Å². The van der Waals surface area contributed by atoms with Crippen molar-refractivity contribution in [1.29, 1.82) is 0 Å². The monoisotopic (exact) mass is 188 g/mol. The standard InChI is InChI=1S/C14H20/c1-2-3-4-7-12-8-5-9-13-10-6-11-14(12)13/h2-4,7-8,13-14H,5-6,9-11H2,1H3/b3-2-,7-4-. The molecule has 76 valence electrons. The van der Waals surface area contributed by atoms with Gasteiger partial charge in [-0.3, -0.25) is 0 Å². The normalized spacial score (nSPS) is 32.5. The maximum Gasteiger partial charge on any atom is -0.0137 e. The average Bonchev–Trinajstić information content (AvgIpc) is 2.67. The van der Waals surface area contributed by atoms with E-state index < -0.39 is 0 Å². The van der Waals surface area contributed by atoms with E-state index in [-0.39, 0.29) is 0 Å². The lowest BCUT2D eigenvalue weighted by atomic mass is 9.80. The van der Waals surface area contributed by atoms with Gasteiger partial charge in [-0.15, -0.1) is 0 Å². The van der Waals surface area contributed by atoms with Crippen LogP contribution in [0.5, 0.6) is 0 Å². The Labute approximate surface area is 87.4 Å². The van der Waals surface area contributed by atoms with Crippen LogP contribution in [0.1, 0.15) is 39.0 Å². The molecule has 0 heteroatoms. The molecule has 2 unspecified atom stereocenters. The Balaban J connectivity index is 2.06. The second kappa shape index (κ2) is 4.63. The molecule has 1 saturated carbocycles. The molecular weight excluding hydrogens is 168 g/mol. The lowest BCUT2D eigenvalue weighted by Crippen LogP contribution is -2.13. The van der Waals surface area contributed by atoms with Gasteiger partial charge in [0.2, 0.25) is 0 Å². The summed E-state index contributed by atoms with van der Waals surface area (Å²) in [4.78, 5) is 0. The molecule has 2 aliphatic carbocycles. The lowest BCUT2D eigenvalue weighted by molar-refractivity contribution is 0.398. The summed E-state index contributed by atoms with van der Waals surface area (Å²) in [5.41, 5.74) is 1.61. The van der Waals surface area contributed by atoms with Gasteiger partial charge in [-0.2, -0.15) is 0 Å². The van der Waals surface area contributed by atoms with E-state index in [0.29, 0.717) is 0 Å². The molecule has 2 rings (SSSR count). The van der Waals surface area contributed by atoms with Gasteiger partial charge in [-0.25, -0.2) is 0 Å². The number of rotatable bonds is 2. The molecular formula is C14H20. The van der Waals surface area contributed by atoms with Crippen LogP contribution in [0.2, 0.25) is 0 Å². The van der Waals surface area contributed by atoms with Gasteiger partial charge in [0.05, 0.1) is 0 Å². The molecule has 0 amide bonds. The molecule has 0 bridgehead atoms. The lowest BCUT2D eigenvalue weighted by Gasteiger charge is -2.24. The number of fused-ring (bicyclic) bond motifs is 1. The molecule has 1 fully saturated rings. The zero-order valence-corrected chi connectivity index (χ0v) is 9.08. The summed E-state index contributed by atoms with van der Waals surface area (Å²) < 4.78 is 0. The van der Waals surface area contributed by atoms with Crippen LogP contribution in [0.3, 0.4) is 0 Å². The first kappa shape index (κ1) is 9.76. The molecule has 14 heavy (non-hydrogen) atoms. The van der Waals surface area contributed by atoms with E-state index in [0.717, 1.165) is 11.8 Å². The van der Waals surface area contributed by atoms with Crippen molar-refractivity contribution in [3.8, 4) is 0 Å². The maximum atomic E-state index is 2.45. The summed E-state index contributed by atoms with van der Waals surface area (Å²) in [5.74, 6) is 1.90. The van der Waals surface area contributed by atoms with Crippen LogP contribution < -0.4 is 0 Å². The first-order valence-electron chi connectivity index (χ1n) is 5.91. The molecule has 0 heterocycles. The van der Waals surface area contributed by atoms with Gasteiger partial charge in [0, 0.05) is 0 Å². The zero-order valence-electron chi connectivity index (χ0n) is 9.08. The largest absolute Gasteiger partial charge is 0.0877 e. The third-order valence-electron chi connectivity index (χ3n) is 3.60. The van der Waals surface area contributed by atoms with Crippen molar-refractivity contribution >= 4 is 0 Å². The van der Waals surface area contributed by atoms with Gasteiger partial charge in [-0.05, 0) is 50.0 Å². The van der Waals surface area contributed by atoms with Gasteiger partial charge < -0.3 is 0 Å². The molecule has 0 spiro atoms. The van der Waals surface area contributed by atoms with Crippen LogP contribution in [0, 0.1) is 11.8 Å².